The molecule has 7 nitrogen and oxygen atoms in total. The summed E-state index contributed by atoms with van der Waals surface area (Å²) in [6, 6.07) is 12.1. The SMILES string of the molecule is CCN(CC)CCCN1C(=O)C(=O)/C(=C(/O)c2ccc3c(c2)OCCO3)[C@@H]1c1ccc(C)cc1. The summed E-state index contributed by atoms with van der Waals surface area (Å²) in [6.45, 7) is 10.2. The summed E-state index contributed by atoms with van der Waals surface area (Å²) in [6.07, 6.45) is 0.737. The minimum Gasteiger partial charge on any atom is -0.507 e. The molecule has 1 atom stereocenters. The Morgan fingerprint density at radius 1 is 1.03 bits per heavy atom. The van der Waals surface area contributed by atoms with Gasteiger partial charge in [0.25, 0.3) is 11.7 Å². The molecule has 2 heterocycles. The van der Waals surface area contributed by atoms with Crippen LogP contribution in [0.4, 0.5) is 0 Å². The number of hydrogen-bond donors (Lipinski definition) is 1. The van der Waals surface area contributed by atoms with Gasteiger partial charge in [-0.3, -0.25) is 9.59 Å². The Morgan fingerprint density at radius 3 is 2.38 bits per heavy atom. The molecule has 1 saturated heterocycles. The third-order valence-electron chi connectivity index (χ3n) is 6.52. The van der Waals surface area contributed by atoms with Crippen LogP contribution in [0, 0.1) is 6.92 Å². The fourth-order valence-corrected chi connectivity index (χ4v) is 4.56. The van der Waals surface area contributed by atoms with Crippen LogP contribution in [0.3, 0.4) is 0 Å². The molecule has 0 radical (unpaired) electrons. The van der Waals surface area contributed by atoms with Gasteiger partial charge in [0.2, 0.25) is 0 Å². The number of carbonyl (C=O) groups is 2. The Hall–Kier alpha value is -3.32. The minimum absolute atomic E-state index is 0.105. The van der Waals surface area contributed by atoms with Gasteiger partial charge in [-0.2, -0.15) is 0 Å². The standard InChI is InChI=1S/C27H32N2O5/c1-4-28(5-2)13-6-14-29-24(19-9-7-18(3)8-10-19)23(26(31)27(29)32)25(30)20-11-12-21-22(17-20)34-16-15-33-21/h7-12,17,24,30H,4-6,13-16H2,1-3H3/b25-23+/t24-/m0/s1. The average Bonchev–Trinajstić information content (AvgIpc) is 3.11. The van der Waals surface area contributed by atoms with Gasteiger partial charge in [-0.1, -0.05) is 43.7 Å². The van der Waals surface area contributed by atoms with E-state index in [1.807, 2.05) is 31.2 Å². The Kier molecular flexibility index (Phi) is 7.22. The number of ether oxygens (including phenoxy) is 2. The lowest BCUT2D eigenvalue weighted by molar-refractivity contribution is -0.140. The summed E-state index contributed by atoms with van der Waals surface area (Å²) in [5, 5.41) is 11.3. The van der Waals surface area contributed by atoms with E-state index in [1.54, 1.807) is 23.1 Å². The van der Waals surface area contributed by atoms with E-state index >= 15 is 0 Å². The highest BCUT2D eigenvalue weighted by Gasteiger charge is 2.45. The monoisotopic (exact) mass is 464 g/mol. The zero-order valence-electron chi connectivity index (χ0n) is 20.0. The quantitative estimate of drug-likeness (QED) is 0.362. The number of carbonyl (C=O) groups excluding carboxylic acids is 2. The minimum atomic E-state index is -0.666. The van der Waals surface area contributed by atoms with Crippen molar-refractivity contribution in [1.82, 2.24) is 9.80 Å². The maximum atomic E-state index is 13.2. The van der Waals surface area contributed by atoms with Gasteiger partial charge < -0.3 is 24.4 Å². The molecule has 0 aliphatic carbocycles. The van der Waals surface area contributed by atoms with Gasteiger partial charge in [0, 0.05) is 12.1 Å². The molecule has 34 heavy (non-hydrogen) atoms. The van der Waals surface area contributed by atoms with E-state index < -0.39 is 17.7 Å². The van der Waals surface area contributed by atoms with Crippen LogP contribution >= 0.6 is 0 Å². The number of benzene rings is 2. The van der Waals surface area contributed by atoms with Crippen molar-refractivity contribution in [2.75, 3.05) is 39.4 Å². The van der Waals surface area contributed by atoms with E-state index in [-0.39, 0.29) is 11.3 Å². The van der Waals surface area contributed by atoms with Crippen molar-refractivity contribution < 1.29 is 24.2 Å². The molecule has 0 aromatic heterocycles. The molecule has 0 unspecified atom stereocenters. The first-order valence-corrected chi connectivity index (χ1v) is 11.9. The first-order valence-electron chi connectivity index (χ1n) is 11.9. The molecule has 4 rings (SSSR count). The highest BCUT2D eigenvalue weighted by molar-refractivity contribution is 6.46. The van der Waals surface area contributed by atoms with Gasteiger partial charge >= 0.3 is 0 Å². The third-order valence-corrected chi connectivity index (χ3v) is 6.52. The van der Waals surface area contributed by atoms with Gasteiger partial charge in [0.05, 0.1) is 11.6 Å². The molecule has 2 aromatic carbocycles. The number of fused-ring (bicyclic) bond motifs is 1. The van der Waals surface area contributed by atoms with Crippen molar-refractivity contribution >= 4 is 17.4 Å². The van der Waals surface area contributed by atoms with Gasteiger partial charge in [-0.25, -0.2) is 0 Å². The number of amides is 1. The Bertz CT molecular complexity index is 1090. The summed E-state index contributed by atoms with van der Waals surface area (Å²) in [7, 11) is 0. The molecule has 1 amide bonds. The zero-order valence-corrected chi connectivity index (χ0v) is 20.0. The number of hydrogen-bond acceptors (Lipinski definition) is 6. The number of aryl methyl sites for hydroxylation is 1. The van der Waals surface area contributed by atoms with Gasteiger partial charge in [-0.05, 0) is 56.7 Å². The molecule has 0 spiro atoms. The summed E-state index contributed by atoms with van der Waals surface area (Å²) in [4.78, 5) is 30.2. The van der Waals surface area contributed by atoms with E-state index in [1.165, 1.54) is 0 Å². The van der Waals surface area contributed by atoms with Crippen LogP contribution in [0.1, 0.15) is 43.0 Å². The van der Waals surface area contributed by atoms with Crippen LogP contribution in [0.15, 0.2) is 48.0 Å². The van der Waals surface area contributed by atoms with Crippen LogP contribution in [-0.2, 0) is 9.59 Å². The number of likely N-dealkylation sites (tertiary alicyclic amines) is 1. The Labute approximate surface area is 200 Å². The van der Waals surface area contributed by atoms with Gasteiger partial charge in [0.15, 0.2) is 11.5 Å². The molecule has 0 saturated carbocycles. The predicted octanol–water partition coefficient (Wildman–Crippen LogP) is 3.92. The summed E-state index contributed by atoms with van der Waals surface area (Å²) in [5.74, 6) is -0.345. The highest BCUT2D eigenvalue weighted by atomic mass is 16.6. The van der Waals surface area contributed by atoms with Crippen molar-refractivity contribution in [1.29, 1.82) is 0 Å². The second-order valence-corrected chi connectivity index (χ2v) is 8.64. The van der Waals surface area contributed by atoms with Crippen molar-refractivity contribution in [2.24, 2.45) is 0 Å². The van der Waals surface area contributed by atoms with Gasteiger partial charge in [-0.15, -0.1) is 0 Å². The first kappa shape index (κ1) is 23.8. The molecule has 2 aromatic rings. The lowest BCUT2D eigenvalue weighted by atomic mass is 9.94. The summed E-state index contributed by atoms with van der Waals surface area (Å²) >= 11 is 0. The van der Waals surface area contributed by atoms with E-state index in [0.29, 0.717) is 36.8 Å². The molecular formula is C27H32N2O5. The predicted molar refractivity (Wildman–Crippen MR) is 130 cm³/mol. The number of aliphatic hydroxyl groups is 1. The smallest absolute Gasteiger partial charge is 0.295 e. The third kappa shape index (κ3) is 4.66. The fraction of sp³-hybridized carbons (Fsp3) is 0.407. The summed E-state index contributed by atoms with van der Waals surface area (Å²) < 4.78 is 11.2. The van der Waals surface area contributed by atoms with Crippen LogP contribution in [0.25, 0.3) is 5.76 Å². The topological polar surface area (TPSA) is 79.3 Å². The van der Waals surface area contributed by atoms with Crippen molar-refractivity contribution in [3.63, 3.8) is 0 Å². The van der Waals surface area contributed by atoms with Crippen LogP contribution in [0.5, 0.6) is 11.5 Å². The molecule has 2 aliphatic rings. The van der Waals surface area contributed by atoms with E-state index in [4.69, 9.17) is 9.47 Å². The number of nitrogens with zero attached hydrogens (tertiary/aromatic N) is 2. The molecule has 0 bridgehead atoms. The second kappa shape index (κ2) is 10.3. The highest BCUT2D eigenvalue weighted by Crippen LogP contribution is 2.41. The zero-order chi connectivity index (χ0) is 24.2. The fourth-order valence-electron chi connectivity index (χ4n) is 4.56. The average molecular weight is 465 g/mol. The summed E-state index contributed by atoms with van der Waals surface area (Å²) in [5.41, 5.74) is 2.40. The molecule has 1 N–H and O–H groups in total. The molecule has 180 valence electrons. The van der Waals surface area contributed by atoms with Crippen LogP contribution in [-0.4, -0.2) is 66.0 Å². The number of aliphatic hydroxyl groups excluding tert-OH is 1. The van der Waals surface area contributed by atoms with Crippen molar-refractivity contribution in [3.8, 4) is 11.5 Å². The molecule has 1 fully saturated rings. The van der Waals surface area contributed by atoms with E-state index in [2.05, 4.69) is 18.7 Å². The van der Waals surface area contributed by atoms with Crippen LogP contribution < -0.4 is 9.47 Å². The largest absolute Gasteiger partial charge is 0.507 e. The van der Waals surface area contributed by atoms with E-state index in [0.717, 1.165) is 37.2 Å². The molecule has 2 aliphatic heterocycles. The number of Topliss-reactive ketones (excluding diaryl/α,β-unsaturated/α-hetero) is 1. The Balaban J connectivity index is 1.72. The van der Waals surface area contributed by atoms with Crippen molar-refractivity contribution in [2.45, 2.75) is 33.2 Å². The normalized spacial score (nSPS) is 19.2. The lowest BCUT2D eigenvalue weighted by Gasteiger charge is -2.27. The maximum absolute atomic E-state index is 13.2. The second-order valence-electron chi connectivity index (χ2n) is 8.64. The van der Waals surface area contributed by atoms with Crippen molar-refractivity contribution in [3.05, 3.63) is 64.7 Å². The molecule has 7 heteroatoms. The first-order chi connectivity index (χ1) is 16.4. The molecular weight excluding hydrogens is 432 g/mol. The van der Waals surface area contributed by atoms with Crippen LogP contribution in [0.2, 0.25) is 0 Å². The van der Waals surface area contributed by atoms with Gasteiger partial charge in [0.1, 0.15) is 19.0 Å². The maximum Gasteiger partial charge on any atom is 0.295 e. The van der Waals surface area contributed by atoms with E-state index in [9.17, 15) is 14.7 Å². The number of ketones is 1. The number of rotatable bonds is 8. The Morgan fingerprint density at radius 2 is 1.71 bits per heavy atom. The lowest BCUT2D eigenvalue weighted by Crippen LogP contribution is -2.33.